The molecule has 54 heteroatoms. The zero-order valence-corrected chi connectivity index (χ0v) is 82.0. The Labute approximate surface area is 785 Å². The van der Waals surface area contributed by atoms with Crippen molar-refractivity contribution in [2.24, 2.45) is 13.5 Å². The molecule has 0 saturated heterocycles. The van der Waals surface area contributed by atoms with Gasteiger partial charge in [-0.05, 0) is 38.5 Å². The van der Waals surface area contributed by atoms with Crippen molar-refractivity contribution in [1.82, 2.24) is 30.5 Å². The third kappa shape index (κ3) is 55.5. The molecule has 18 atom stereocenters. The Kier molecular flexibility index (Phi) is 73.7. The van der Waals surface area contributed by atoms with Gasteiger partial charge in [0.1, 0.15) is 36.3 Å². The topological polar surface area (TPSA) is 842 Å². The van der Waals surface area contributed by atoms with Crippen molar-refractivity contribution in [1.29, 1.82) is 0 Å². The molecule has 0 aromatic heterocycles. The van der Waals surface area contributed by atoms with Gasteiger partial charge >= 0.3 is 198 Å². The molecule has 6 saturated carbocycles. The predicted octanol–water partition coefficient (Wildman–Crippen LogP) is 13.7. The van der Waals surface area contributed by atoms with Gasteiger partial charge in [0, 0.05) is 38.5 Å². The van der Waals surface area contributed by atoms with Crippen molar-refractivity contribution in [2.45, 2.75) is 340 Å². The molecule has 0 spiro atoms. The fourth-order valence-corrected chi connectivity index (χ4v) is 24.8. The fraction of sp³-hybridized carbons (Fsp3) is 0.818. The Morgan fingerprint density at radius 1 is 0.217 bits per heavy atom. The van der Waals surface area contributed by atoms with Crippen LogP contribution < -0.4 is 30.5 Å². The number of aliphatic carboxylic acids is 12. The molecular weight excluding hydrogens is 2730 g/mol. The molecule has 45 nitrogen and oxygen atoms in total. The number of carbonyl (C=O) groups is 12. The molecule has 708 valence electrons. The first-order valence-corrected chi connectivity index (χ1v) is 43.2. The van der Waals surface area contributed by atoms with E-state index >= 15 is 0 Å². The van der Waals surface area contributed by atoms with Crippen LogP contribution in [0.2, 0.25) is 0 Å². The van der Waals surface area contributed by atoms with Crippen LogP contribution in [0.1, 0.15) is 231 Å². The van der Waals surface area contributed by atoms with Crippen LogP contribution in [0.4, 0.5) is 0 Å². The van der Waals surface area contributed by atoms with E-state index in [0.29, 0.717) is 0 Å². The second kappa shape index (κ2) is 68.8. The van der Waals surface area contributed by atoms with Crippen LogP contribution in [0.25, 0.3) is 68.8 Å². The number of nitrogens with one attached hydrogen (secondary N) is 18. The summed E-state index contributed by atoms with van der Waals surface area (Å²) in [7, 11) is -16.1. The van der Waals surface area contributed by atoms with E-state index in [1.165, 1.54) is 77.0 Å². The maximum absolute atomic E-state index is 12.8. The van der Waals surface area contributed by atoms with E-state index in [0.717, 1.165) is 77.0 Å². The van der Waals surface area contributed by atoms with Gasteiger partial charge in [-0.3, -0.25) is 57.5 Å². The average Bonchev–Trinajstić information content (AvgIpc) is 0.729. The minimum atomic E-state index is -5.35. The SMILES string of the molecule is O=C(O)CC[C@H](NP1(N[C@@H](CCC(=O)O)C(=O)O)=NP(N[C@@H](CCC(=O)O)C(=O)O)(N[C@@H](CCC(=O)O)C(=O)O)=NP(N[C@@H](CCC(=O)O)C(=O)O)(N[C@@H](CCC(=O)O)C(=O)O)=N1)C(=O)O.[NH-]C1CCCCC1[NH-].[NH-]C1CCCCC1[NH-].[NH-]C1CCCCC1[NH-].[NH-]C1CCCCC1[NH-].[NH-]C1CCCCC1[NH-].[NH-]C1CCCCC1[NH-].[Pt+2].[Pt+2].[Pt+2].[Pt+2].[Pt+2].[Pt+2]. The van der Waals surface area contributed by atoms with Crippen molar-refractivity contribution < 1.29 is 245 Å². The van der Waals surface area contributed by atoms with Gasteiger partial charge in [-0.2, -0.15) is 86.0 Å². The molecule has 0 radical (unpaired) electrons. The molecule has 30 N–H and O–H groups in total. The quantitative estimate of drug-likeness (QED) is 0.0259. The summed E-state index contributed by atoms with van der Waals surface area (Å²) < 4.78 is 13.1. The first kappa shape index (κ1) is 129. The zero-order chi connectivity index (χ0) is 86.6. The van der Waals surface area contributed by atoms with Gasteiger partial charge in [0.15, 0.2) is 0 Å². The largest absolute Gasteiger partial charge is 2.00 e. The van der Waals surface area contributed by atoms with Crippen LogP contribution in [-0.4, -0.2) is 242 Å². The molecule has 7 aliphatic rings. The molecule has 120 heavy (non-hydrogen) atoms. The zero-order valence-electron chi connectivity index (χ0n) is 65.7. The average molecular weight is 2860 g/mol. The summed E-state index contributed by atoms with van der Waals surface area (Å²) in [6.45, 7) is 0. The molecule has 0 aromatic rings. The maximum Gasteiger partial charge on any atom is 2.00 e. The molecular formula is C66H120N21O24P3Pt6. The summed E-state index contributed by atoms with van der Waals surface area (Å²) >= 11 is 0. The summed E-state index contributed by atoms with van der Waals surface area (Å²) in [6, 6.07) is -14.8. The summed E-state index contributed by atoms with van der Waals surface area (Å²) in [4.78, 5) is 147. The van der Waals surface area contributed by atoms with E-state index in [4.69, 9.17) is 68.8 Å². The Morgan fingerprint density at radius 2 is 0.308 bits per heavy atom. The molecule has 6 fully saturated rings. The number of hydrogen-bond acceptors (Lipinski definition) is 21. The first-order chi connectivity index (χ1) is 53.3. The molecule has 0 aromatic carbocycles. The van der Waals surface area contributed by atoms with Crippen LogP contribution >= 0.6 is 22.5 Å². The standard InChI is InChI=1S/C30H48N9O24P3.6C6H12N2.6Pt/c40-19(41)7-1-13(25(52)53)31-64(32-14(26(54)55)2-8-20(42)43)37-65(33-15(27(56)57)3-9-21(44)45,34-16(28(58)59)4-10-22(46)47)39-66(38-64,35-17(29(60)61)5-11-23(48)49)36-18(30(62)63)6-12-24(50)51;6*7-5-3-1-2-4-6(5)8;;;;;;/h13-18,31-36H,1-12H2,(H,40,41)(H,42,43)(H,44,45)(H,46,47)(H,48,49)(H,50,51)(H,52,53)(H,54,55)(H,56,57)(H,58,59)(H,60,61)(H,62,63);6*5-8H,1-4H2;;;;;;/q;6*-2;6*+2/t13-,14-,15-,16-,17-,18-;;;;;;;;;;;;/m0............/s1. The number of nitrogens with zero attached hydrogens (tertiary/aromatic N) is 3. The van der Waals surface area contributed by atoms with E-state index in [-0.39, 0.29) is 199 Å². The van der Waals surface area contributed by atoms with E-state index in [2.05, 4.69) is 44.1 Å². The number of carboxylic acids is 12. The third-order valence-electron chi connectivity index (χ3n) is 19.1. The minimum Gasteiger partial charge on any atom is -0.676 e. The van der Waals surface area contributed by atoms with Crippen LogP contribution in [0.5, 0.6) is 0 Å². The van der Waals surface area contributed by atoms with Gasteiger partial charge < -0.3 is 130 Å². The van der Waals surface area contributed by atoms with Crippen LogP contribution in [0.3, 0.4) is 0 Å². The van der Waals surface area contributed by atoms with Crippen LogP contribution in [0, 0.1) is 0 Å². The summed E-state index contributed by atoms with van der Waals surface area (Å²) in [5.41, 5.74) is 87.5. The molecule has 7 rings (SSSR count). The first-order valence-electron chi connectivity index (χ1n) is 38.1. The van der Waals surface area contributed by atoms with Gasteiger partial charge in [-0.1, -0.05) is 154 Å². The van der Waals surface area contributed by atoms with Crippen molar-refractivity contribution in [3.05, 3.63) is 68.8 Å². The van der Waals surface area contributed by atoms with Crippen molar-refractivity contribution in [3.63, 3.8) is 0 Å². The van der Waals surface area contributed by atoms with E-state index in [9.17, 15) is 119 Å². The van der Waals surface area contributed by atoms with E-state index in [1.807, 2.05) is 0 Å². The van der Waals surface area contributed by atoms with Crippen LogP contribution in [-0.2, 0) is 184 Å². The number of carboxylic acid groups (broad SMARTS) is 12. The number of hydrogen-bond donors (Lipinski definition) is 18. The second-order valence-electron chi connectivity index (χ2n) is 28.8. The van der Waals surface area contributed by atoms with Gasteiger partial charge in [-0.15, -0.1) is 0 Å². The van der Waals surface area contributed by atoms with Crippen LogP contribution in [0.15, 0.2) is 13.5 Å². The smallest absolute Gasteiger partial charge is 0.676 e. The van der Waals surface area contributed by atoms with Gasteiger partial charge in [-0.25, -0.2) is 30.5 Å². The molecule has 1 aliphatic heterocycles. The minimum absolute atomic E-state index is 0. The Bertz CT molecular complexity index is 2680. The molecule has 6 aliphatic carbocycles. The van der Waals surface area contributed by atoms with Crippen molar-refractivity contribution in [2.75, 3.05) is 0 Å². The Morgan fingerprint density at radius 3 is 0.375 bits per heavy atom. The summed E-state index contributed by atoms with van der Waals surface area (Å²) in [6.07, 6.45) is 13.4. The summed E-state index contributed by atoms with van der Waals surface area (Å²) in [5.74, 6) is -21.8. The molecule has 0 amide bonds. The predicted molar refractivity (Wildman–Crippen MR) is 425 cm³/mol. The Balaban J connectivity index is -0.000000470. The van der Waals surface area contributed by atoms with Crippen molar-refractivity contribution in [3.8, 4) is 0 Å². The Hall–Kier alpha value is -2.26. The van der Waals surface area contributed by atoms with E-state index in [1.54, 1.807) is 0 Å². The van der Waals surface area contributed by atoms with Crippen molar-refractivity contribution >= 4 is 94.2 Å². The molecule has 1 heterocycles. The van der Waals surface area contributed by atoms with E-state index < -0.39 is 207 Å². The third-order valence-corrected chi connectivity index (χ3v) is 29.3. The normalized spacial score (nSPS) is 25.4. The van der Waals surface area contributed by atoms with Gasteiger partial charge in [0.2, 0.25) is 22.5 Å². The molecule has 12 unspecified atom stereocenters. The molecule has 0 bridgehead atoms. The number of rotatable bonds is 36. The fourth-order valence-electron chi connectivity index (χ4n) is 12.2. The monoisotopic (exact) mass is 2850 g/mol. The second-order valence-corrected chi connectivity index (χ2v) is 36.1. The van der Waals surface area contributed by atoms with Gasteiger partial charge in [0.25, 0.3) is 0 Å². The summed E-state index contributed by atoms with van der Waals surface area (Å²) in [5, 5.41) is 132. The maximum atomic E-state index is 12.8. The van der Waals surface area contributed by atoms with Gasteiger partial charge in [0.05, 0.1) is 0 Å².